The lowest BCUT2D eigenvalue weighted by atomic mass is 10.4. The molecule has 0 aromatic carbocycles. The van der Waals surface area contributed by atoms with Gasteiger partial charge in [0.2, 0.25) is 0 Å². The number of thiophene rings is 1. The maximum atomic E-state index is 10.5. The number of anilines is 1. The van der Waals surface area contributed by atoms with Gasteiger partial charge in [0.15, 0.2) is 17.9 Å². The zero-order valence-corrected chi connectivity index (χ0v) is 9.87. The summed E-state index contributed by atoms with van der Waals surface area (Å²) in [7, 11) is 0. The summed E-state index contributed by atoms with van der Waals surface area (Å²) in [5, 5.41) is 2.06. The fourth-order valence-corrected chi connectivity index (χ4v) is 2.23. The summed E-state index contributed by atoms with van der Waals surface area (Å²) < 4.78 is 5.40. The van der Waals surface area contributed by atoms with Gasteiger partial charge in [0, 0.05) is 17.5 Å². The van der Waals surface area contributed by atoms with E-state index in [4.69, 9.17) is 4.42 Å². The third-order valence-corrected chi connectivity index (χ3v) is 3.21. The summed E-state index contributed by atoms with van der Waals surface area (Å²) in [4.78, 5) is 13.9. The van der Waals surface area contributed by atoms with E-state index in [-0.39, 0.29) is 0 Å². The lowest BCUT2D eigenvalue weighted by Gasteiger charge is -2.18. The Morgan fingerprint density at radius 2 is 2.31 bits per heavy atom. The predicted octanol–water partition coefficient (Wildman–Crippen LogP) is 3.18. The number of rotatable bonds is 5. The SMILES string of the molecule is CCN(Cc1cccs1)c1ccc(C=O)o1. The molecule has 0 spiro atoms. The van der Waals surface area contributed by atoms with Crippen molar-refractivity contribution in [2.75, 3.05) is 11.4 Å². The van der Waals surface area contributed by atoms with Crippen LogP contribution >= 0.6 is 11.3 Å². The molecule has 2 rings (SSSR count). The Morgan fingerprint density at radius 1 is 1.44 bits per heavy atom. The Hall–Kier alpha value is -1.55. The molecule has 2 heterocycles. The smallest absolute Gasteiger partial charge is 0.196 e. The average molecular weight is 235 g/mol. The Morgan fingerprint density at radius 3 is 2.88 bits per heavy atom. The molecule has 0 atom stereocenters. The van der Waals surface area contributed by atoms with Crippen LogP contribution in [0.4, 0.5) is 5.88 Å². The van der Waals surface area contributed by atoms with E-state index in [0.29, 0.717) is 5.76 Å². The summed E-state index contributed by atoms with van der Waals surface area (Å²) in [5.74, 6) is 1.12. The van der Waals surface area contributed by atoms with Crippen LogP contribution in [0, 0.1) is 0 Å². The first-order valence-electron chi connectivity index (χ1n) is 5.16. The molecule has 16 heavy (non-hydrogen) atoms. The molecule has 0 aliphatic carbocycles. The van der Waals surface area contributed by atoms with E-state index in [1.54, 1.807) is 17.4 Å². The summed E-state index contributed by atoms with van der Waals surface area (Å²) in [6.45, 7) is 3.74. The van der Waals surface area contributed by atoms with Crippen LogP contribution in [0.25, 0.3) is 0 Å². The van der Waals surface area contributed by atoms with Gasteiger partial charge in [-0.15, -0.1) is 11.3 Å². The summed E-state index contributed by atoms with van der Waals surface area (Å²) >= 11 is 1.72. The van der Waals surface area contributed by atoms with Gasteiger partial charge in [-0.05, 0) is 24.4 Å². The second kappa shape index (κ2) is 4.99. The van der Waals surface area contributed by atoms with Crippen molar-refractivity contribution in [1.29, 1.82) is 0 Å². The van der Waals surface area contributed by atoms with Crippen molar-refractivity contribution in [3.8, 4) is 0 Å². The summed E-state index contributed by atoms with van der Waals surface area (Å²) in [6.07, 6.45) is 0.725. The zero-order chi connectivity index (χ0) is 11.4. The van der Waals surface area contributed by atoms with Crippen LogP contribution < -0.4 is 4.90 Å². The van der Waals surface area contributed by atoms with Gasteiger partial charge in [-0.25, -0.2) is 0 Å². The molecule has 0 unspecified atom stereocenters. The third-order valence-electron chi connectivity index (χ3n) is 2.35. The van der Waals surface area contributed by atoms with E-state index in [1.165, 1.54) is 4.88 Å². The van der Waals surface area contributed by atoms with Crippen LogP contribution in [0.5, 0.6) is 0 Å². The van der Waals surface area contributed by atoms with Gasteiger partial charge < -0.3 is 9.32 Å². The van der Waals surface area contributed by atoms with E-state index >= 15 is 0 Å². The molecule has 0 radical (unpaired) electrons. The fraction of sp³-hybridized carbons (Fsp3) is 0.250. The second-order valence-corrected chi connectivity index (χ2v) is 4.42. The minimum Gasteiger partial charge on any atom is -0.438 e. The topological polar surface area (TPSA) is 33.5 Å². The lowest BCUT2D eigenvalue weighted by Crippen LogP contribution is -2.20. The van der Waals surface area contributed by atoms with Gasteiger partial charge in [-0.3, -0.25) is 4.79 Å². The molecule has 0 bridgehead atoms. The molecule has 0 saturated heterocycles. The van der Waals surface area contributed by atoms with E-state index in [2.05, 4.69) is 23.3 Å². The Bertz CT molecular complexity index is 447. The second-order valence-electron chi connectivity index (χ2n) is 3.39. The summed E-state index contributed by atoms with van der Waals surface area (Å²) in [6, 6.07) is 7.66. The molecular formula is C12H13NO2S. The Balaban J connectivity index is 2.12. The van der Waals surface area contributed by atoms with Crippen LogP contribution in [0.2, 0.25) is 0 Å². The number of nitrogens with zero attached hydrogens (tertiary/aromatic N) is 1. The zero-order valence-electron chi connectivity index (χ0n) is 9.05. The van der Waals surface area contributed by atoms with Gasteiger partial charge >= 0.3 is 0 Å². The number of carbonyl (C=O) groups is 1. The highest BCUT2D eigenvalue weighted by Crippen LogP contribution is 2.21. The van der Waals surface area contributed by atoms with Crippen molar-refractivity contribution >= 4 is 23.5 Å². The van der Waals surface area contributed by atoms with E-state index < -0.39 is 0 Å². The Labute approximate surface area is 98.3 Å². The molecule has 0 aliphatic heterocycles. The average Bonchev–Trinajstić information content (AvgIpc) is 2.96. The molecule has 84 valence electrons. The van der Waals surface area contributed by atoms with Crippen LogP contribution in [-0.2, 0) is 6.54 Å². The first-order chi connectivity index (χ1) is 7.83. The van der Waals surface area contributed by atoms with Crippen LogP contribution in [0.3, 0.4) is 0 Å². The van der Waals surface area contributed by atoms with Gasteiger partial charge in [-0.2, -0.15) is 0 Å². The van der Waals surface area contributed by atoms with Gasteiger partial charge in [-0.1, -0.05) is 6.07 Å². The van der Waals surface area contributed by atoms with Crippen LogP contribution in [-0.4, -0.2) is 12.8 Å². The minimum atomic E-state index is 0.375. The molecule has 2 aromatic rings. The monoisotopic (exact) mass is 235 g/mol. The number of hydrogen-bond donors (Lipinski definition) is 0. The normalized spacial score (nSPS) is 10.3. The molecule has 4 heteroatoms. The maximum absolute atomic E-state index is 10.5. The van der Waals surface area contributed by atoms with Crippen molar-refractivity contribution in [1.82, 2.24) is 0 Å². The largest absolute Gasteiger partial charge is 0.438 e. The molecule has 2 aromatic heterocycles. The van der Waals surface area contributed by atoms with Crippen molar-refractivity contribution < 1.29 is 9.21 Å². The number of aldehydes is 1. The molecular weight excluding hydrogens is 222 g/mol. The van der Waals surface area contributed by atoms with Crippen LogP contribution in [0.1, 0.15) is 22.4 Å². The molecule has 3 nitrogen and oxygen atoms in total. The number of hydrogen-bond acceptors (Lipinski definition) is 4. The highest BCUT2D eigenvalue weighted by atomic mass is 32.1. The highest BCUT2D eigenvalue weighted by Gasteiger charge is 2.10. The molecule has 0 amide bonds. The number of furan rings is 1. The van der Waals surface area contributed by atoms with Crippen molar-refractivity contribution in [2.45, 2.75) is 13.5 Å². The first-order valence-corrected chi connectivity index (χ1v) is 6.03. The van der Waals surface area contributed by atoms with E-state index in [1.807, 2.05) is 12.1 Å². The molecule has 0 aliphatic rings. The molecule has 0 N–H and O–H groups in total. The fourth-order valence-electron chi connectivity index (χ4n) is 1.51. The lowest BCUT2D eigenvalue weighted by molar-refractivity contribution is 0.110. The first kappa shape index (κ1) is 11.0. The van der Waals surface area contributed by atoms with Crippen LogP contribution in [0.15, 0.2) is 34.1 Å². The van der Waals surface area contributed by atoms with Crippen molar-refractivity contribution in [2.24, 2.45) is 0 Å². The van der Waals surface area contributed by atoms with E-state index in [9.17, 15) is 4.79 Å². The molecule has 0 fully saturated rings. The van der Waals surface area contributed by atoms with Crippen molar-refractivity contribution in [3.63, 3.8) is 0 Å². The van der Waals surface area contributed by atoms with E-state index in [0.717, 1.165) is 25.3 Å². The van der Waals surface area contributed by atoms with Gasteiger partial charge in [0.25, 0.3) is 0 Å². The Kier molecular flexibility index (Phi) is 3.41. The van der Waals surface area contributed by atoms with Gasteiger partial charge in [0.1, 0.15) is 0 Å². The summed E-state index contributed by atoms with van der Waals surface area (Å²) in [5.41, 5.74) is 0. The minimum absolute atomic E-state index is 0.375. The number of carbonyl (C=O) groups excluding carboxylic acids is 1. The highest BCUT2D eigenvalue weighted by molar-refractivity contribution is 7.09. The predicted molar refractivity (Wildman–Crippen MR) is 65.1 cm³/mol. The third kappa shape index (κ3) is 2.33. The molecule has 0 saturated carbocycles. The quantitative estimate of drug-likeness (QED) is 0.746. The standard InChI is InChI=1S/C12H13NO2S/c1-2-13(8-11-4-3-7-16-11)12-6-5-10(9-14)15-12/h3-7,9H,2,8H2,1H3. The maximum Gasteiger partial charge on any atom is 0.196 e. The van der Waals surface area contributed by atoms with Crippen molar-refractivity contribution in [3.05, 3.63) is 40.3 Å². The van der Waals surface area contributed by atoms with Gasteiger partial charge in [0.05, 0.1) is 6.54 Å².